The Bertz CT molecular complexity index is 553. The first-order valence-electron chi connectivity index (χ1n) is 6.91. The van der Waals surface area contributed by atoms with Gasteiger partial charge in [-0.05, 0) is 18.4 Å². The van der Waals surface area contributed by atoms with Gasteiger partial charge in [-0.2, -0.15) is 0 Å². The Morgan fingerprint density at radius 2 is 1.95 bits per heavy atom. The molecular weight excluding hydrogens is 260 g/mol. The molecule has 0 radical (unpaired) electrons. The van der Waals surface area contributed by atoms with Crippen molar-refractivity contribution >= 4 is 11.4 Å². The first kappa shape index (κ1) is 12.9. The fourth-order valence-corrected chi connectivity index (χ4v) is 3.08. The zero-order chi connectivity index (χ0) is 14.1. The van der Waals surface area contributed by atoms with Crippen molar-refractivity contribution in [2.45, 2.75) is 38.2 Å². The molecule has 1 saturated carbocycles. The molecule has 1 aliphatic carbocycles. The second kappa shape index (κ2) is 5.11. The van der Waals surface area contributed by atoms with Crippen LogP contribution in [0.2, 0.25) is 0 Å². The minimum Gasteiger partial charge on any atom is -0.394 e. The van der Waals surface area contributed by atoms with Gasteiger partial charge >= 0.3 is 0 Å². The van der Waals surface area contributed by atoms with E-state index in [1.165, 1.54) is 12.1 Å². The SMILES string of the molecule is O=[N+]([O-])c1ccc([C@@H]2O[N+]([O-])=C3CCCCC[C@H]32)cc1. The number of rotatable bonds is 2. The Kier molecular flexibility index (Phi) is 3.30. The molecule has 3 rings (SSSR count). The third-order valence-corrected chi connectivity index (χ3v) is 4.12. The molecule has 1 aromatic rings. The summed E-state index contributed by atoms with van der Waals surface area (Å²) in [5.74, 6) is 0.108. The van der Waals surface area contributed by atoms with Crippen LogP contribution >= 0.6 is 0 Å². The van der Waals surface area contributed by atoms with Gasteiger partial charge in [0.25, 0.3) is 5.69 Å². The standard InChI is InChI=1S/C14H16N2O4/c17-15(18)11-8-6-10(7-9-11)14-12-4-2-1-3-5-13(12)16(19)20-14/h6-9,12,14H,1-5H2/t12-,14+/m1/s1. The lowest BCUT2D eigenvalue weighted by Crippen LogP contribution is -2.16. The number of nitro benzene ring substituents is 1. The number of non-ortho nitro benzene ring substituents is 1. The van der Waals surface area contributed by atoms with Crippen molar-refractivity contribution in [1.82, 2.24) is 0 Å². The second-order valence-electron chi connectivity index (χ2n) is 5.33. The van der Waals surface area contributed by atoms with Gasteiger partial charge in [0.15, 0.2) is 0 Å². The van der Waals surface area contributed by atoms with Gasteiger partial charge in [-0.3, -0.25) is 15.3 Å². The molecule has 20 heavy (non-hydrogen) atoms. The van der Waals surface area contributed by atoms with E-state index in [1.807, 2.05) is 0 Å². The summed E-state index contributed by atoms with van der Waals surface area (Å²) in [7, 11) is 0. The van der Waals surface area contributed by atoms with E-state index in [1.54, 1.807) is 12.1 Å². The number of nitrogens with zero attached hydrogens (tertiary/aromatic N) is 2. The zero-order valence-corrected chi connectivity index (χ0v) is 11.0. The predicted octanol–water partition coefficient (Wildman–Crippen LogP) is 3.11. The van der Waals surface area contributed by atoms with Crippen LogP contribution < -0.4 is 0 Å². The van der Waals surface area contributed by atoms with Crippen LogP contribution in [0.5, 0.6) is 0 Å². The molecule has 0 bridgehead atoms. The molecule has 1 aliphatic heterocycles. The van der Waals surface area contributed by atoms with Crippen molar-refractivity contribution in [2.75, 3.05) is 0 Å². The van der Waals surface area contributed by atoms with Gasteiger partial charge in [0.05, 0.1) is 10.8 Å². The molecule has 0 unspecified atom stereocenters. The topological polar surface area (TPSA) is 78.4 Å². The highest BCUT2D eigenvalue weighted by Crippen LogP contribution is 2.39. The van der Waals surface area contributed by atoms with Gasteiger partial charge in [0, 0.05) is 23.5 Å². The van der Waals surface area contributed by atoms with E-state index in [2.05, 4.69) is 0 Å². The summed E-state index contributed by atoms with van der Waals surface area (Å²) in [6, 6.07) is 6.29. The molecule has 0 N–H and O–H groups in total. The second-order valence-corrected chi connectivity index (χ2v) is 5.33. The lowest BCUT2D eigenvalue weighted by Gasteiger charge is -2.18. The van der Waals surface area contributed by atoms with Crippen LogP contribution in [0.4, 0.5) is 5.69 Å². The number of hydrogen-bond donors (Lipinski definition) is 0. The highest BCUT2D eigenvalue weighted by atomic mass is 16.9. The Labute approximate surface area is 116 Å². The van der Waals surface area contributed by atoms with Crippen LogP contribution in [0.1, 0.15) is 43.8 Å². The maximum Gasteiger partial charge on any atom is 0.269 e. The van der Waals surface area contributed by atoms with Crippen molar-refractivity contribution in [2.24, 2.45) is 5.92 Å². The molecule has 106 valence electrons. The lowest BCUT2D eigenvalue weighted by molar-refractivity contribution is -0.743. The fraction of sp³-hybridized carbons (Fsp3) is 0.500. The van der Waals surface area contributed by atoms with E-state index in [-0.39, 0.29) is 17.7 Å². The third kappa shape index (κ3) is 2.21. The van der Waals surface area contributed by atoms with Gasteiger partial charge in [0.2, 0.25) is 5.71 Å². The predicted molar refractivity (Wildman–Crippen MR) is 72.1 cm³/mol. The summed E-state index contributed by atoms with van der Waals surface area (Å²) in [5, 5.41) is 22.5. The van der Waals surface area contributed by atoms with E-state index in [0.29, 0.717) is 4.90 Å². The van der Waals surface area contributed by atoms with E-state index in [0.717, 1.165) is 43.4 Å². The van der Waals surface area contributed by atoms with Gasteiger partial charge in [-0.15, -0.1) is 0 Å². The fourth-order valence-electron chi connectivity index (χ4n) is 3.08. The van der Waals surface area contributed by atoms with Crippen LogP contribution in [0.3, 0.4) is 0 Å². The molecule has 1 heterocycles. The summed E-state index contributed by atoms with van der Waals surface area (Å²) in [6.45, 7) is 0. The summed E-state index contributed by atoms with van der Waals surface area (Å²) < 4.78 is 0. The van der Waals surface area contributed by atoms with Gasteiger partial charge in [-0.25, -0.2) is 0 Å². The Morgan fingerprint density at radius 3 is 2.65 bits per heavy atom. The summed E-state index contributed by atoms with van der Waals surface area (Å²) in [6.07, 6.45) is 4.69. The van der Waals surface area contributed by atoms with Crippen molar-refractivity contribution < 1.29 is 14.7 Å². The van der Waals surface area contributed by atoms with Crippen molar-refractivity contribution in [3.8, 4) is 0 Å². The summed E-state index contributed by atoms with van der Waals surface area (Å²) in [4.78, 5) is 16.3. The molecule has 0 spiro atoms. The van der Waals surface area contributed by atoms with Crippen LogP contribution in [0.15, 0.2) is 24.3 Å². The molecule has 6 heteroatoms. The largest absolute Gasteiger partial charge is 0.394 e. The summed E-state index contributed by atoms with van der Waals surface area (Å²) >= 11 is 0. The Hall–Kier alpha value is -2.11. The summed E-state index contributed by atoms with van der Waals surface area (Å²) in [5.41, 5.74) is 1.71. The number of nitro groups is 1. The molecule has 1 fully saturated rings. The zero-order valence-electron chi connectivity index (χ0n) is 11.0. The molecule has 0 saturated heterocycles. The highest BCUT2D eigenvalue weighted by molar-refractivity contribution is 5.83. The van der Waals surface area contributed by atoms with Gasteiger partial charge < -0.3 is 4.84 Å². The van der Waals surface area contributed by atoms with Gasteiger partial charge in [0.1, 0.15) is 6.10 Å². The molecule has 2 atom stereocenters. The van der Waals surface area contributed by atoms with E-state index >= 15 is 0 Å². The van der Waals surface area contributed by atoms with Crippen LogP contribution in [0.25, 0.3) is 0 Å². The smallest absolute Gasteiger partial charge is 0.269 e. The monoisotopic (exact) mass is 276 g/mol. The van der Waals surface area contributed by atoms with E-state index in [9.17, 15) is 15.3 Å². The molecule has 2 aliphatic rings. The highest BCUT2D eigenvalue weighted by Gasteiger charge is 2.40. The normalized spacial score (nSPS) is 25.8. The molecule has 0 aromatic heterocycles. The molecule has 1 aromatic carbocycles. The van der Waals surface area contributed by atoms with E-state index < -0.39 is 4.92 Å². The molecule has 6 nitrogen and oxygen atoms in total. The average Bonchev–Trinajstić information content (AvgIpc) is 2.65. The van der Waals surface area contributed by atoms with Crippen molar-refractivity contribution in [3.63, 3.8) is 0 Å². The minimum absolute atomic E-state index is 0.0517. The van der Waals surface area contributed by atoms with E-state index in [4.69, 9.17) is 4.84 Å². The van der Waals surface area contributed by atoms with Gasteiger partial charge in [-0.1, -0.05) is 25.0 Å². The number of fused-ring (bicyclic) bond motifs is 1. The Morgan fingerprint density at radius 1 is 1.20 bits per heavy atom. The number of hydrogen-bond acceptors (Lipinski definition) is 4. The Balaban J connectivity index is 1.86. The maximum absolute atomic E-state index is 11.9. The molecule has 0 amide bonds. The quantitative estimate of drug-likeness (QED) is 0.472. The van der Waals surface area contributed by atoms with Crippen LogP contribution in [-0.2, 0) is 4.84 Å². The minimum atomic E-state index is -0.428. The van der Waals surface area contributed by atoms with Crippen LogP contribution in [-0.4, -0.2) is 15.5 Å². The third-order valence-electron chi connectivity index (χ3n) is 4.12. The average molecular weight is 276 g/mol. The van der Waals surface area contributed by atoms with Crippen molar-refractivity contribution in [1.29, 1.82) is 0 Å². The number of benzene rings is 1. The lowest BCUT2D eigenvalue weighted by atomic mass is 9.88. The van der Waals surface area contributed by atoms with Crippen molar-refractivity contribution in [3.05, 3.63) is 45.2 Å². The van der Waals surface area contributed by atoms with Crippen LogP contribution in [0, 0.1) is 21.2 Å². The molecular formula is C14H16N2O4. The maximum atomic E-state index is 11.9. The first-order chi connectivity index (χ1) is 9.66. The first-order valence-corrected chi connectivity index (χ1v) is 6.91.